The SMILES string of the molecule is O=C1CCC(=O)C(O)C(O)C(O)C1O. The van der Waals surface area contributed by atoms with Crippen molar-refractivity contribution in [3.63, 3.8) is 0 Å². The molecule has 0 saturated heterocycles. The van der Waals surface area contributed by atoms with Crippen molar-refractivity contribution in [2.45, 2.75) is 37.3 Å². The molecule has 4 atom stereocenters. The minimum Gasteiger partial charge on any atom is -0.387 e. The van der Waals surface area contributed by atoms with Crippen LogP contribution in [0.4, 0.5) is 0 Å². The predicted molar refractivity (Wildman–Crippen MR) is 43.3 cm³/mol. The first-order chi connectivity index (χ1) is 6.45. The summed E-state index contributed by atoms with van der Waals surface area (Å²) >= 11 is 0. The number of carbonyl (C=O) groups is 2. The number of Topliss-reactive ketones (excluding diaryl/α,β-unsaturated/α-hetero) is 2. The highest BCUT2D eigenvalue weighted by Gasteiger charge is 2.39. The molecule has 1 fully saturated rings. The molecule has 4 unspecified atom stereocenters. The van der Waals surface area contributed by atoms with Gasteiger partial charge in [-0.15, -0.1) is 0 Å². The molecule has 1 rings (SSSR count). The molecule has 6 nitrogen and oxygen atoms in total. The lowest BCUT2D eigenvalue weighted by Gasteiger charge is -2.27. The molecular formula is C8H12O6. The quantitative estimate of drug-likeness (QED) is 0.343. The van der Waals surface area contributed by atoms with Gasteiger partial charge in [0.2, 0.25) is 0 Å². The Bertz CT molecular complexity index is 224. The van der Waals surface area contributed by atoms with Crippen molar-refractivity contribution in [3.05, 3.63) is 0 Å². The van der Waals surface area contributed by atoms with E-state index < -0.39 is 36.0 Å². The van der Waals surface area contributed by atoms with E-state index in [1.54, 1.807) is 0 Å². The minimum atomic E-state index is -1.82. The maximum absolute atomic E-state index is 11.0. The Balaban J connectivity index is 2.85. The largest absolute Gasteiger partial charge is 0.387 e. The monoisotopic (exact) mass is 204 g/mol. The second-order valence-electron chi connectivity index (χ2n) is 3.30. The number of carbonyl (C=O) groups excluding carboxylic acids is 2. The van der Waals surface area contributed by atoms with E-state index >= 15 is 0 Å². The molecule has 6 heteroatoms. The van der Waals surface area contributed by atoms with Gasteiger partial charge in [0.05, 0.1) is 0 Å². The highest BCUT2D eigenvalue weighted by atomic mass is 16.4. The summed E-state index contributed by atoms with van der Waals surface area (Å²) < 4.78 is 0. The summed E-state index contributed by atoms with van der Waals surface area (Å²) in [5.41, 5.74) is 0. The Morgan fingerprint density at radius 2 is 1.07 bits per heavy atom. The van der Waals surface area contributed by atoms with Gasteiger partial charge in [0.15, 0.2) is 11.6 Å². The lowest BCUT2D eigenvalue weighted by molar-refractivity contribution is -0.158. The smallest absolute Gasteiger partial charge is 0.164 e. The molecule has 0 heterocycles. The summed E-state index contributed by atoms with van der Waals surface area (Å²) in [4.78, 5) is 22.0. The Morgan fingerprint density at radius 3 is 1.36 bits per heavy atom. The second-order valence-corrected chi connectivity index (χ2v) is 3.30. The summed E-state index contributed by atoms with van der Waals surface area (Å²) in [7, 11) is 0. The van der Waals surface area contributed by atoms with Crippen molar-refractivity contribution in [2.24, 2.45) is 0 Å². The summed E-state index contributed by atoms with van der Waals surface area (Å²) in [5.74, 6) is -1.42. The van der Waals surface area contributed by atoms with E-state index in [4.69, 9.17) is 10.2 Å². The van der Waals surface area contributed by atoms with Crippen LogP contribution < -0.4 is 0 Å². The van der Waals surface area contributed by atoms with E-state index in [0.717, 1.165) is 0 Å². The molecular weight excluding hydrogens is 192 g/mol. The van der Waals surface area contributed by atoms with Crippen LogP contribution in [0, 0.1) is 0 Å². The Hall–Kier alpha value is -0.820. The van der Waals surface area contributed by atoms with Crippen LogP contribution in [0.1, 0.15) is 12.8 Å². The van der Waals surface area contributed by atoms with Crippen LogP contribution in [0.5, 0.6) is 0 Å². The van der Waals surface area contributed by atoms with Gasteiger partial charge in [-0.25, -0.2) is 0 Å². The number of aliphatic hydroxyl groups excluding tert-OH is 4. The molecule has 0 aromatic rings. The van der Waals surface area contributed by atoms with Gasteiger partial charge in [-0.3, -0.25) is 9.59 Å². The third kappa shape index (κ3) is 1.98. The van der Waals surface area contributed by atoms with Crippen molar-refractivity contribution in [1.29, 1.82) is 0 Å². The van der Waals surface area contributed by atoms with Crippen LogP contribution in [0.15, 0.2) is 0 Å². The van der Waals surface area contributed by atoms with E-state index in [9.17, 15) is 19.8 Å². The molecule has 1 aliphatic carbocycles. The number of rotatable bonds is 0. The number of aliphatic hydroxyl groups is 4. The number of hydrogen-bond acceptors (Lipinski definition) is 6. The van der Waals surface area contributed by atoms with Crippen LogP contribution >= 0.6 is 0 Å². The lowest BCUT2D eigenvalue weighted by atomic mass is 9.90. The second kappa shape index (κ2) is 4.14. The maximum Gasteiger partial charge on any atom is 0.164 e. The Kier molecular flexibility index (Phi) is 3.33. The van der Waals surface area contributed by atoms with E-state index in [0.29, 0.717) is 0 Å². The fourth-order valence-corrected chi connectivity index (χ4v) is 1.30. The summed E-state index contributed by atoms with van der Waals surface area (Å²) in [6, 6.07) is 0. The molecule has 14 heavy (non-hydrogen) atoms. The van der Waals surface area contributed by atoms with Gasteiger partial charge < -0.3 is 20.4 Å². The van der Waals surface area contributed by atoms with Crippen molar-refractivity contribution < 1.29 is 30.0 Å². The molecule has 0 amide bonds. The van der Waals surface area contributed by atoms with Crippen molar-refractivity contribution >= 4 is 11.6 Å². The van der Waals surface area contributed by atoms with Gasteiger partial charge in [-0.05, 0) is 0 Å². The molecule has 0 aliphatic heterocycles. The van der Waals surface area contributed by atoms with Gasteiger partial charge in [-0.1, -0.05) is 0 Å². The zero-order valence-corrected chi connectivity index (χ0v) is 7.33. The fourth-order valence-electron chi connectivity index (χ4n) is 1.30. The van der Waals surface area contributed by atoms with Gasteiger partial charge in [0, 0.05) is 12.8 Å². The van der Waals surface area contributed by atoms with Gasteiger partial charge in [0.1, 0.15) is 24.4 Å². The standard InChI is InChI=1S/C8H12O6/c9-3-1-2-4(10)6(12)8(14)7(13)5(3)11/h5-8,11-14H,1-2H2. The molecule has 80 valence electrons. The lowest BCUT2D eigenvalue weighted by Crippen LogP contribution is -2.51. The Labute approximate surface area is 79.8 Å². The van der Waals surface area contributed by atoms with Crippen molar-refractivity contribution in [3.8, 4) is 0 Å². The van der Waals surface area contributed by atoms with E-state index in [1.807, 2.05) is 0 Å². The molecule has 0 aromatic carbocycles. The number of ketones is 2. The molecule has 0 bridgehead atoms. The zero-order chi connectivity index (χ0) is 10.9. The molecule has 0 radical (unpaired) electrons. The summed E-state index contributed by atoms with van der Waals surface area (Å²) in [6.45, 7) is 0. The Morgan fingerprint density at radius 1 is 0.786 bits per heavy atom. The average molecular weight is 204 g/mol. The molecule has 1 saturated carbocycles. The topological polar surface area (TPSA) is 115 Å². The van der Waals surface area contributed by atoms with Gasteiger partial charge in [-0.2, -0.15) is 0 Å². The van der Waals surface area contributed by atoms with E-state index in [2.05, 4.69) is 0 Å². The summed E-state index contributed by atoms with van der Waals surface area (Å²) in [5, 5.41) is 36.6. The average Bonchev–Trinajstić information content (AvgIpc) is 2.19. The minimum absolute atomic E-state index is 0.235. The van der Waals surface area contributed by atoms with E-state index in [1.165, 1.54) is 0 Å². The first-order valence-electron chi connectivity index (χ1n) is 4.23. The molecule has 0 aromatic heterocycles. The van der Waals surface area contributed by atoms with Gasteiger partial charge >= 0.3 is 0 Å². The molecule has 1 aliphatic rings. The molecule has 4 N–H and O–H groups in total. The van der Waals surface area contributed by atoms with Crippen LogP contribution in [0.3, 0.4) is 0 Å². The van der Waals surface area contributed by atoms with E-state index in [-0.39, 0.29) is 12.8 Å². The van der Waals surface area contributed by atoms with Crippen LogP contribution in [-0.2, 0) is 9.59 Å². The van der Waals surface area contributed by atoms with Crippen LogP contribution in [0.2, 0.25) is 0 Å². The fraction of sp³-hybridized carbons (Fsp3) is 0.750. The predicted octanol–water partition coefficient (Wildman–Crippen LogP) is -2.64. The van der Waals surface area contributed by atoms with Crippen molar-refractivity contribution in [2.75, 3.05) is 0 Å². The third-order valence-corrected chi connectivity index (χ3v) is 2.27. The first-order valence-corrected chi connectivity index (χ1v) is 4.23. The summed E-state index contributed by atoms with van der Waals surface area (Å²) in [6.07, 6.45) is -7.59. The van der Waals surface area contributed by atoms with Gasteiger partial charge in [0.25, 0.3) is 0 Å². The molecule has 0 spiro atoms. The number of hydrogen-bond donors (Lipinski definition) is 4. The maximum atomic E-state index is 11.0. The highest BCUT2D eigenvalue weighted by Crippen LogP contribution is 2.14. The first kappa shape index (κ1) is 11.3. The third-order valence-electron chi connectivity index (χ3n) is 2.27. The highest BCUT2D eigenvalue weighted by molar-refractivity contribution is 5.92. The van der Waals surface area contributed by atoms with Crippen LogP contribution in [0.25, 0.3) is 0 Å². The van der Waals surface area contributed by atoms with Crippen molar-refractivity contribution in [1.82, 2.24) is 0 Å². The normalized spacial score (nSPS) is 40.6. The van der Waals surface area contributed by atoms with Crippen LogP contribution in [-0.4, -0.2) is 56.4 Å². The zero-order valence-electron chi connectivity index (χ0n) is 7.33.